The highest BCUT2D eigenvalue weighted by molar-refractivity contribution is 4.95. The number of hydrogen-bond donors (Lipinski definition) is 8. The average Bonchev–Trinajstić information content (AvgIpc) is 2.83. The summed E-state index contributed by atoms with van der Waals surface area (Å²) in [6.45, 7) is 1.90. The molecule has 0 aromatic heterocycles. The van der Waals surface area contributed by atoms with Gasteiger partial charge in [0.25, 0.3) is 0 Å². The molecular weight excluding hydrogens is 464 g/mol. The molecule has 8 N–H and O–H groups in total. The Morgan fingerprint density at radius 2 is 1.09 bits per heavy atom. The second-order valence-corrected chi connectivity index (χ2v) is 8.90. The lowest BCUT2D eigenvalue weighted by atomic mass is 9.91. The molecule has 3 heterocycles. The Kier molecular flexibility index (Phi) is 9.61. The maximum absolute atomic E-state index is 10.4. The predicted octanol–water partition coefficient (Wildman–Crippen LogP) is -4.62. The SMILES string of the molecule is COC1OC(CO)[C@@H](O[C@@H]2OC(CO)[C@H](O)[C@H](O)C2O)[C@H](O[C@@H]2OC(C)[C@@H](O)[C@H](O)C2O)C1C. The lowest BCUT2D eigenvalue weighted by Gasteiger charge is -2.49. The Bertz CT molecular complexity index is 638. The molecule has 34 heavy (non-hydrogen) atoms. The number of rotatable bonds is 7. The van der Waals surface area contributed by atoms with Crippen molar-refractivity contribution in [1.29, 1.82) is 0 Å². The molecule has 3 saturated heterocycles. The number of ether oxygens (including phenoxy) is 6. The summed E-state index contributed by atoms with van der Waals surface area (Å²) in [5.74, 6) is -0.613. The number of aliphatic hydroxyl groups excluding tert-OH is 8. The summed E-state index contributed by atoms with van der Waals surface area (Å²) in [6.07, 6.45) is -18.8. The van der Waals surface area contributed by atoms with E-state index in [0.717, 1.165) is 0 Å². The van der Waals surface area contributed by atoms with Crippen LogP contribution < -0.4 is 0 Å². The highest BCUT2D eigenvalue weighted by Crippen LogP contribution is 2.35. The van der Waals surface area contributed by atoms with E-state index in [9.17, 15) is 40.9 Å². The van der Waals surface area contributed by atoms with Crippen LogP contribution in [-0.2, 0) is 28.4 Å². The third-order valence-corrected chi connectivity index (χ3v) is 6.60. The van der Waals surface area contributed by atoms with Crippen molar-refractivity contribution in [2.45, 2.75) is 99.9 Å². The molecule has 3 rings (SSSR count). The van der Waals surface area contributed by atoms with Gasteiger partial charge in [-0.1, -0.05) is 6.92 Å². The zero-order valence-electron chi connectivity index (χ0n) is 19.1. The van der Waals surface area contributed by atoms with Gasteiger partial charge in [0.15, 0.2) is 18.9 Å². The first-order valence-electron chi connectivity index (χ1n) is 11.2. The first-order valence-corrected chi connectivity index (χ1v) is 11.2. The topological polar surface area (TPSA) is 217 Å². The molecule has 15 atom stereocenters. The van der Waals surface area contributed by atoms with Crippen LogP contribution >= 0.6 is 0 Å². The third kappa shape index (κ3) is 5.40. The van der Waals surface area contributed by atoms with Gasteiger partial charge in [-0.25, -0.2) is 0 Å². The number of hydrogen-bond acceptors (Lipinski definition) is 14. The van der Waals surface area contributed by atoms with Crippen LogP contribution in [0.5, 0.6) is 0 Å². The lowest BCUT2D eigenvalue weighted by Crippen LogP contribution is -2.65. The van der Waals surface area contributed by atoms with E-state index < -0.39 is 105 Å². The van der Waals surface area contributed by atoms with Gasteiger partial charge >= 0.3 is 0 Å². The monoisotopic (exact) mass is 500 g/mol. The van der Waals surface area contributed by atoms with E-state index >= 15 is 0 Å². The Hall–Kier alpha value is -0.560. The molecular formula is C20H36O14. The van der Waals surface area contributed by atoms with E-state index in [2.05, 4.69) is 0 Å². The lowest BCUT2D eigenvalue weighted by molar-refractivity contribution is -0.377. The van der Waals surface area contributed by atoms with Gasteiger partial charge in [-0.05, 0) is 6.92 Å². The van der Waals surface area contributed by atoms with Gasteiger partial charge in [-0.3, -0.25) is 0 Å². The fraction of sp³-hybridized carbons (Fsp3) is 1.00. The smallest absolute Gasteiger partial charge is 0.187 e. The van der Waals surface area contributed by atoms with Crippen LogP contribution in [0.15, 0.2) is 0 Å². The van der Waals surface area contributed by atoms with Gasteiger partial charge in [0.05, 0.1) is 25.4 Å². The second-order valence-electron chi connectivity index (χ2n) is 8.90. The molecule has 0 bridgehead atoms. The average molecular weight is 500 g/mol. The summed E-state index contributed by atoms with van der Waals surface area (Å²) in [7, 11) is 1.37. The fourth-order valence-electron chi connectivity index (χ4n) is 4.44. The van der Waals surface area contributed by atoms with E-state index in [1.165, 1.54) is 14.0 Å². The molecule has 14 heteroatoms. The van der Waals surface area contributed by atoms with Gasteiger partial charge in [0, 0.05) is 13.0 Å². The largest absolute Gasteiger partial charge is 0.394 e. The van der Waals surface area contributed by atoms with E-state index in [-0.39, 0.29) is 0 Å². The number of aliphatic hydroxyl groups is 8. The first kappa shape index (κ1) is 28.0. The zero-order valence-corrected chi connectivity index (χ0v) is 19.1. The van der Waals surface area contributed by atoms with Gasteiger partial charge in [0.1, 0.15) is 54.9 Å². The molecule has 7 unspecified atom stereocenters. The molecule has 0 spiro atoms. The molecule has 200 valence electrons. The van der Waals surface area contributed by atoms with Crippen molar-refractivity contribution in [3.63, 3.8) is 0 Å². The van der Waals surface area contributed by atoms with Gasteiger partial charge in [-0.2, -0.15) is 0 Å². The van der Waals surface area contributed by atoms with E-state index in [0.29, 0.717) is 0 Å². The van der Waals surface area contributed by atoms with Crippen molar-refractivity contribution in [3.05, 3.63) is 0 Å². The minimum absolute atomic E-state index is 0.583. The molecule has 0 radical (unpaired) electrons. The fourth-order valence-corrected chi connectivity index (χ4v) is 4.44. The van der Waals surface area contributed by atoms with Gasteiger partial charge in [0.2, 0.25) is 0 Å². The number of methoxy groups -OCH3 is 1. The Labute approximate surface area is 196 Å². The standard InChI is InChI=1S/C20H36O14/c1-6-16(33-19-14(27)12(25)10(23)7(2)30-19)17(9(5-22)32-18(6)29-3)34-20-15(28)13(26)11(24)8(4-21)31-20/h6-28H,4-5H2,1-3H3/t6?,7?,8?,9?,10-,11+,12+,13+,14?,15?,16-,17-,18?,19+,20+/m1/s1. The molecule has 0 aliphatic carbocycles. The minimum atomic E-state index is -1.72. The summed E-state index contributed by atoms with van der Waals surface area (Å²) < 4.78 is 33.8. The molecule has 0 aromatic carbocycles. The van der Waals surface area contributed by atoms with Crippen LogP contribution in [0.1, 0.15) is 13.8 Å². The van der Waals surface area contributed by atoms with Crippen molar-refractivity contribution in [1.82, 2.24) is 0 Å². The van der Waals surface area contributed by atoms with Crippen molar-refractivity contribution in [3.8, 4) is 0 Å². The molecule has 0 aromatic rings. The Morgan fingerprint density at radius 1 is 0.588 bits per heavy atom. The summed E-state index contributed by atoms with van der Waals surface area (Å²) in [4.78, 5) is 0. The van der Waals surface area contributed by atoms with E-state index in [4.69, 9.17) is 28.4 Å². The minimum Gasteiger partial charge on any atom is -0.394 e. The molecule has 3 aliphatic heterocycles. The van der Waals surface area contributed by atoms with E-state index in [1.807, 2.05) is 0 Å². The highest BCUT2D eigenvalue weighted by Gasteiger charge is 2.53. The molecule has 3 fully saturated rings. The normalized spacial score (nSPS) is 52.5. The predicted molar refractivity (Wildman–Crippen MR) is 108 cm³/mol. The molecule has 14 nitrogen and oxygen atoms in total. The Morgan fingerprint density at radius 3 is 1.65 bits per heavy atom. The van der Waals surface area contributed by atoms with Crippen LogP contribution in [0.3, 0.4) is 0 Å². The molecule has 0 saturated carbocycles. The summed E-state index contributed by atoms with van der Waals surface area (Å²) in [6, 6.07) is 0. The highest BCUT2D eigenvalue weighted by atomic mass is 16.8. The maximum atomic E-state index is 10.4. The van der Waals surface area contributed by atoms with E-state index in [1.54, 1.807) is 6.92 Å². The van der Waals surface area contributed by atoms with Crippen LogP contribution in [0.2, 0.25) is 0 Å². The Balaban J connectivity index is 1.86. The maximum Gasteiger partial charge on any atom is 0.187 e. The van der Waals surface area contributed by atoms with Crippen LogP contribution in [-0.4, -0.2) is 147 Å². The molecule has 3 aliphatic rings. The van der Waals surface area contributed by atoms with Crippen molar-refractivity contribution < 1.29 is 69.3 Å². The molecule has 0 amide bonds. The van der Waals surface area contributed by atoms with Crippen LogP contribution in [0.4, 0.5) is 0 Å². The van der Waals surface area contributed by atoms with Crippen LogP contribution in [0.25, 0.3) is 0 Å². The van der Waals surface area contributed by atoms with Crippen molar-refractivity contribution in [2.24, 2.45) is 5.92 Å². The van der Waals surface area contributed by atoms with Gasteiger partial charge < -0.3 is 69.3 Å². The van der Waals surface area contributed by atoms with Gasteiger partial charge in [-0.15, -0.1) is 0 Å². The first-order chi connectivity index (χ1) is 16.0. The van der Waals surface area contributed by atoms with Crippen molar-refractivity contribution >= 4 is 0 Å². The van der Waals surface area contributed by atoms with Crippen molar-refractivity contribution in [2.75, 3.05) is 20.3 Å². The zero-order chi connectivity index (χ0) is 25.3. The second kappa shape index (κ2) is 11.7. The summed E-state index contributed by atoms with van der Waals surface area (Å²) in [5, 5.41) is 80.4. The van der Waals surface area contributed by atoms with Crippen LogP contribution in [0, 0.1) is 5.92 Å². The summed E-state index contributed by atoms with van der Waals surface area (Å²) in [5.41, 5.74) is 0. The summed E-state index contributed by atoms with van der Waals surface area (Å²) >= 11 is 0. The third-order valence-electron chi connectivity index (χ3n) is 6.60. The quantitative estimate of drug-likeness (QED) is 0.165.